The lowest BCUT2D eigenvalue weighted by molar-refractivity contribution is 0.0781. The van der Waals surface area contributed by atoms with Crippen LogP contribution in [0, 0.1) is 6.92 Å². The number of nitrogens with one attached hydrogen (secondary N) is 1. The molecule has 0 unspecified atom stereocenters. The van der Waals surface area contributed by atoms with E-state index in [1.54, 1.807) is 4.90 Å². The number of anilines is 1. The molecule has 114 valence electrons. The monoisotopic (exact) mass is 314 g/mol. The summed E-state index contributed by atoms with van der Waals surface area (Å²) < 4.78 is 0. The number of likely N-dealkylation sites (N-methyl/N-ethyl adjacent to an activating group) is 1. The minimum atomic E-state index is 0.104. The summed E-state index contributed by atoms with van der Waals surface area (Å²) in [6.07, 6.45) is 0.889. The topological polar surface area (TPSA) is 32.3 Å². The molecular weight excluding hydrogens is 296 g/mol. The minimum absolute atomic E-state index is 0.104. The van der Waals surface area contributed by atoms with Crippen LogP contribution in [0.25, 0.3) is 0 Å². The fourth-order valence-electron chi connectivity index (χ4n) is 2.86. The first-order valence-electron chi connectivity index (χ1n) is 7.42. The van der Waals surface area contributed by atoms with E-state index in [0.717, 1.165) is 41.3 Å². The van der Waals surface area contributed by atoms with Crippen LogP contribution < -0.4 is 5.32 Å². The Balaban J connectivity index is 1.83. The van der Waals surface area contributed by atoms with Crippen LogP contribution in [0.3, 0.4) is 0 Å². The summed E-state index contributed by atoms with van der Waals surface area (Å²) in [6, 6.07) is 11.8. The molecule has 0 radical (unpaired) electrons. The highest BCUT2D eigenvalue weighted by Gasteiger charge is 2.23. The van der Waals surface area contributed by atoms with E-state index < -0.39 is 0 Å². The van der Waals surface area contributed by atoms with Crippen molar-refractivity contribution in [3.63, 3.8) is 0 Å². The standard InChI is InChI=1S/C18H19ClN2O/c1-12-10-14(19)7-6-13(12)11-20-17-5-3-4-16-15(17)8-9-21(2)18(16)22/h3-7,10,20H,8-9,11H2,1-2H3. The van der Waals surface area contributed by atoms with Crippen molar-refractivity contribution in [2.45, 2.75) is 19.9 Å². The molecule has 1 amide bonds. The molecule has 0 spiro atoms. The molecule has 2 aromatic rings. The molecule has 1 aliphatic rings. The Bertz CT molecular complexity index is 727. The average Bonchev–Trinajstić information content (AvgIpc) is 2.50. The van der Waals surface area contributed by atoms with Gasteiger partial charge < -0.3 is 10.2 Å². The van der Waals surface area contributed by atoms with E-state index in [-0.39, 0.29) is 5.91 Å². The summed E-state index contributed by atoms with van der Waals surface area (Å²) >= 11 is 6.00. The fourth-order valence-corrected chi connectivity index (χ4v) is 3.08. The van der Waals surface area contributed by atoms with Crippen molar-refractivity contribution in [1.82, 2.24) is 4.90 Å². The zero-order valence-electron chi connectivity index (χ0n) is 12.8. The van der Waals surface area contributed by atoms with Crippen molar-refractivity contribution >= 4 is 23.2 Å². The van der Waals surface area contributed by atoms with Crippen LogP contribution >= 0.6 is 11.6 Å². The SMILES string of the molecule is Cc1cc(Cl)ccc1CNc1cccc2c1CCN(C)C2=O. The smallest absolute Gasteiger partial charge is 0.253 e. The van der Waals surface area contributed by atoms with E-state index in [1.807, 2.05) is 43.4 Å². The molecule has 0 saturated carbocycles. The van der Waals surface area contributed by atoms with E-state index in [1.165, 1.54) is 11.1 Å². The quantitative estimate of drug-likeness (QED) is 0.932. The number of nitrogens with zero attached hydrogens (tertiary/aromatic N) is 1. The number of hydrogen-bond donors (Lipinski definition) is 1. The number of rotatable bonds is 3. The third-order valence-electron chi connectivity index (χ3n) is 4.22. The normalized spacial score (nSPS) is 14.0. The summed E-state index contributed by atoms with van der Waals surface area (Å²) in [4.78, 5) is 14.0. The molecule has 1 aliphatic heterocycles. The van der Waals surface area contributed by atoms with Crippen LogP contribution in [0.2, 0.25) is 5.02 Å². The molecule has 1 heterocycles. The maximum Gasteiger partial charge on any atom is 0.253 e. The lowest BCUT2D eigenvalue weighted by Gasteiger charge is -2.26. The van der Waals surface area contributed by atoms with Crippen LogP contribution in [-0.2, 0) is 13.0 Å². The highest BCUT2D eigenvalue weighted by Crippen LogP contribution is 2.26. The molecule has 0 aliphatic carbocycles. The number of benzene rings is 2. The molecule has 0 fully saturated rings. The van der Waals surface area contributed by atoms with Gasteiger partial charge in [-0.15, -0.1) is 0 Å². The third kappa shape index (κ3) is 2.81. The predicted octanol–water partition coefficient (Wildman–Crippen LogP) is 3.89. The van der Waals surface area contributed by atoms with E-state index >= 15 is 0 Å². The van der Waals surface area contributed by atoms with Crippen molar-refractivity contribution in [2.24, 2.45) is 0 Å². The molecule has 1 N–H and O–H groups in total. The molecule has 4 heteroatoms. The van der Waals surface area contributed by atoms with Gasteiger partial charge in [0.2, 0.25) is 0 Å². The summed E-state index contributed by atoms with van der Waals surface area (Å²) in [5.74, 6) is 0.104. The predicted molar refractivity (Wildman–Crippen MR) is 90.6 cm³/mol. The van der Waals surface area contributed by atoms with Crippen LogP contribution in [-0.4, -0.2) is 24.4 Å². The molecule has 22 heavy (non-hydrogen) atoms. The summed E-state index contributed by atoms with van der Waals surface area (Å²) in [7, 11) is 1.85. The van der Waals surface area contributed by atoms with E-state index in [9.17, 15) is 4.79 Å². The lowest BCUT2D eigenvalue weighted by Crippen LogP contribution is -2.34. The van der Waals surface area contributed by atoms with Gasteiger partial charge in [0.15, 0.2) is 0 Å². The van der Waals surface area contributed by atoms with Crippen molar-refractivity contribution in [3.8, 4) is 0 Å². The maximum atomic E-state index is 12.2. The van der Waals surface area contributed by atoms with Crippen molar-refractivity contribution in [2.75, 3.05) is 18.9 Å². The zero-order valence-corrected chi connectivity index (χ0v) is 13.6. The van der Waals surface area contributed by atoms with Gasteiger partial charge >= 0.3 is 0 Å². The average molecular weight is 315 g/mol. The highest BCUT2D eigenvalue weighted by molar-refractivity contribution is 6.30. The number of carbonyl (C=O) groups is 1. The molecular formula is C18H19ClN2O. The van der Waals surface area contributed by atoms with Gasteiger partial charge in [-0.25, -0.2) is 0 Å². The number of aryl methyl sites for hydroxylation is 1. The van der Waals surface area contributed by atoms with Gasteiger partial charge in [-0.1, -0.05) is 23.7 Å². The largest absolute Gasteiger partial charge is 0.381 e. The molecule has 0 bridgehead atoms. The van der Waals surface area contributed by atoms with Crippen molar-refractivity contribution < 1.29 is 4.79 Å². The summed E-state index contributed by atoms with van der Waals surface area (Å²) in [6.45, 7) is 3.55. The Kier molecular flexibility index (Phi) is 4.08. The van der Waals surface area contributed by atoms with Gasteiger partial charge in [-0.3, -0.25) is 4.79 Å². The lowest BCUT2D eigenvalue weighted by atomic mass is 9.97. The number of hydrogen-bond acceptors (Lipinski definition) is 2. The van der Waals surface area contributed by atoms with Crippen LogP contribution in [0.4, 0.5) is 5.69 Å². The van der Waals surface area contributed by atoms with Crippen molar-refractivity contribution in [1.29, 1.82) is 0 Å². The Hall–Kier alpha value is -2.00. The van der Waals surface area contributed by atoms with Crippen molar-refractivity contribution in [3.05, 3.63) is 63.7 Å². The number of fused-ring (bicyclic) bond motifs is 1. The van der Waals surface area contributed by atoms with E-state index in [4.69, 9.17) is 11.6 Å². The molecule has 2 aromatic carbocycles. The van der Waals surface area contributed by atoms with Gasteiger partial charge in [-0.05, 0) is 54.3 Å². The van der Waals surface area contributed by atoms with Gasteiger partial charge in [-0.2, -0.15) is 0 Å². The molecule has 0 atom stereocenters. The third-order valence-corrected chi connectivity index (χ3v) is 4.46. The van der Waals surface area contributed by atoms with Gasteiger partial charge in [0.05, 0.1) is 0 Å². The van der Waals surface area contributed by atoms with Gasteiger partial charge in [0.1, 0.15) is 0 Å². The Labute approximate surface area is 135 Å². The van der Waals surface area contributed by atoms with Crippen LogP contribution in [0.15, 0.2) is 36.4 Å². The number of halogens is 1. The van der Waals surface area contributed by atoms with Crippen LogP contribution in [0.1, 0.15) is 27.0 Å². The minimum Gasteiger partial charge on any atom is -0.381 e. The Morgan fingerprint density at radius 2 is 2.09 bits per heavy atom. The first-order chi connectivity index (χ1) is 10.6. The first kappa shape index (κ1) is 14.9. The molecule has 0 saturated heterocycles. The Morgan fingerprint density at radius 1 is 1.27 bits per heavy atom. The van der Waals surface area contributed by atoms with Gasteiger partial charge in [0.25, 0.3) is 5.91 Å². The summed E-state index contributed by atoms with van der Waals surface area (Å²) in [5.41, 5.74) is 5.36. The zero-order chi connectivity index (χ0) is 15.7. The van der Waals surface area contributed by atoms with E-state index in [0.29, 0.717) is 0 Å². The number of carbonyl (C=O) groups excluding carboxylic acids is 1. The van der Waals surface area contributed by atoms with Crippen LogP contribution in [0.5, 0.6) is 0 Å². The van der Waals surface area contributed by atoms with Gasteiger partial charge in [0, 0.05) is 36.4 Å². The van der Waals surface area contributed by atoms with E-state index in [2.05, 4.69) is 12.2 Å². The molecule has 3 nitrogen and oxygen atoms in total. The number of amides is 1. The fraction of sp³-hybridized carbons (Fsp3) is 0.278. The maximum absolute atomic E-state index is 12.2. The summed E-state index contributed by atoms with van der Waals surface area (Å²) in [5, 5.41) is 4.23. The molecule has 3 rings (SSSR count). The second kappa shape index (κ2) is 6.01. The first-order valence-corrected chi connectivity index (χ1v) is 7.80. The highest BCUT2D eigenvalue weighted by atomic mass is 35.5. The molecule has 0 aromatic heterocycles. The Morgan fingerprint density at radius 3 is 2.86 bits per heavy atom. The second-order valence-corrected chi connectivity index (χ2v) is 6.17. The second-order valence-electron chi connectivity index (χ2n) is 5.73.